The zero-order valence-electron chi connectivity index (χ0n) is 17.2. The Bertz CT molecular complexity index is 766. The highest BCUT2D eigenvalue weighted by Crippen LogP contribution is 2.39. The van der Waals surface area contributed by atoms with Crippen molar-refractivity contribution in [3.8, 4) is 6.07 Å². The molecule has 1 aliphatic carbocycles. The summed E-state index contributed by atoms with van der Waals surface area (Å²) in [6.45, 7) is 5.29. The number of rotatable bonds is 8. The molecule has 0 aromatic heterocycles. The van der Waals surface area contributed by atoms with Crippen molar-refractivity contribution in [3.05, 3.63) is 24.3 Å². The second kappa shape index (κ2) is 9.25. The number of nitriles is 1. The summed E-state index contributed by atoms with van der Waals surface area (Å²) in [4.78, 5) is 27.6. The van der Waals surface area contributed by atoms with Gasteiger partial charge >= 0.3 is 0 Å². The number of morpholine rings is 1. The van der Waals surface area contributed by atoms with E-state index in [1.165, 1.54) is 0 Å². The van der Waals surface area contributed by atoms with Crippen LogP contribution in [0.3, 0.4) is 0 Å². The third kappa shape index (κ3) is 5.92. The monoisotopic (exact) mass is 400 g/mol. The molecule has 1 aliphatic heterocycles. The molecule has 3 N–H and O–H groups in total. The fourth-order valence-corrected chi connectivity index (χ4v) is 3.61. The molecule has 8 nitrogen and oxygen atoms in total. The Kier molecular flexibility index (Phi) is 6.72. The van der Waals surface area contributed by atoms with Gasteiger partial charge in [-0.3, -0.25) is 9.59 Å². The number of likely N-dealkylation sites (N-methyl/N-ethyl adjacent to an activating group) is 1. The van der Waals surface area contributed by atoms with Gasteiger partial charge in [0.05, 0.1) is 26.3 Å². The van der Waals surface area contributed by atoms with Gasteiger partial charge in [0.1, 0.15) is 5.54 Å². The third-order valence-electron chi connectivity index (χ3n) is 5.48. The van der Waals surface area contributed by atoms with Gasteiger partial charge in [0.25, 0.3) is 11.8 Å². The standard InChI is InChI=1S/C21H29N5O3/c1-21(15-22,16-3-4-16)24-20(28)14-25(2)13-19(27)23-17-5-7-18(8-6-17)26-9-11-29-12-10-26/h5-8,16H,3-4,9-14H2,1-2H3,(H,23,27)(H,24,28)/p+1/t21-/m0/s1. The topological polar surface area (TPSA) is 98.9 Å². The molecule has 1 unspecified atom stereocenters. The average Bonchev–Trinajstić information content (AvgIpc) is 3.54. The van der Waals surface area contributed by atoms with Crippen LogP contribution >= 0.6 is 0 Å². The van der Waals surface area contributed by atoms with E-state index in [4.69, 9.17) is 4.74 Å². The SMILES string of the molecule is C[NH+](CC(=O)Nc1ccc(N2CCOCC2)cc1)CC(=O)N[C@@](C)(C#N)C1CC1. The lowest BCUT2D eigenvalue weighted by atomic mass is 9.98. The predicted molar refractivity (Wildman–Crippen MR) is 110 cm³/mol. The van der Waals surface area contributed by atoms with Gasteiger partial charge in [-0.15, -0.1) is 0 Å². The number of hydrogen-bond acceptors (Lipinski definition) is 5. The van der Waals surface area contributed by atoms with E-state index in [2.05, 4.69) is 21.6 Å². The molecule has 1 saturated heterocycles. The molecule has 2 amide bonds. The number of ether oxygens (including phenoxy) is 1. The summed E-state index contributed by atoms with van der Waals surface area (Å²) >= 11 is 0. The Morgan fingerprint density at radius 2 is 1.83 bits per heavy atom. The minimum atomic E-state index is -0.804. The van der Waals surface area contributed by atoms with Crippen molar-refractivity contribution in [1.29, 1.82) is 5.26 Å². The van der Waals surface area contributed by atoms with Gasteiger partial charge in [0, 0.05) is 24.5 Å². The maximum absolute atomic E-state index is 12.3. The number of carbonyl (C=O) groups is 2. The molecule has 0 spiro atoms. The lowest BCUT2D eigenvalue weighted by Gasteiger charge is -2.28. The first kappa shape index (κ1) is 21.1. The van der Waals surface area contributed by atoms with Crippen molar-refractivity contribution >= 4 is 23.2 Å². The Labute approximate surface area is 171 Å². The number of amides is 2. The average molecular weight is 401 g/mol. The van der Waals surface area contributed by atoms with E-state index in [1.54, 1.807) is 14.0 Å². The van der Waals surface area contributed by atoms with Gasteiger partial charge in [0.2, 0.25) is 0 Å². The summed E-state index contributed by atoms with van der Waals surface area (Å²) in [5, 5.41) is 15.1. The van der Waals surface area contributed by atoms with Gasteiger partial charge in [-0.25, -0.2) is 0 Å². The van der Waals surface area contributed by atoms with Crippen molar-refractivity contribution < 1.29 is 19.2 Å². The van der Waals surface area contributed by atoms with Crippen LogP contribution in [-0.2, 0) is 14.3 Å². The molecular weight excluding hydrogens is 370 g/mol. The molecule has 1 heterocycles. The summed E-state index contributed by atoms with van der Waals surface area (Å²) in [7, 11) is 1.79. The van der Waals surface area contributed by atoms with Gasteiger partial charge in [-0.05, 0) is 49.9 Å². The van der Waals surface area contributed by atoms with Crippen LogP contribution in [-0.4, -0.2) is 63.8 Å². The molecule has 8 heteroatoms. The molecule has 1 aromatic rings. The summed E-state index contributed by atoms with van der Waals surface area (Å²) in [5.41, 5.74) is 1.04. The number of quaternary nitrogens is 1. The molecule has 1 saturated carbocycles. The van der Waals surface area contributed by atoms with E-state index in [9.17, 15) is 14.9 Å². The second-order valence-corrected chi connectivity index (χ2v) is 8.14. The lowest BCUT2D eigenvalue weighted by Crippen LogP contribution is -3.11. The van der Waals surface area contributed by atoms with Crippen molar-refractivity contribution in [2.24, 2.45) is 5.92 Å². The number of carbonyl (C=O) groups excluding carboxylic acids is 2. The quantitative estimate of drug-likeness (QED) is 0.561. The fraction of sp³-hybridized carbons (Fsp3) is 0.571. The third-order valence-corrected chi connectivity index (χ3v) is 5.48. The first-order valence-electron chi connectivity index (χ1n) is 10.2. The molecular formula is C21H30N5O3+. The minimum absolute atomic E-state index is 0.146. The summed E-state index contributed by atoms with van der Waals surface area (Å²) < 4.78 is 5.36. The van der Waals surface area contributed by atoms with Crippen LogP contribution in [0.2, 0.25) is 0 Å². The maximum Gasteiger partial charge on any atom is 0.279 e. The van der Waals surface area contributed by atoms with E-state index in [0.717, 1.165) is 55.4 Å². The predicted octanol–water partition coefficient (Wildman–Crippen LogP) is -0.215. The highest BCUT2D eigenvalue weighted by Gasteiger charge is 2.43. The van der Waals surface area contributed by atoms with E-state index in [0.29, 0.717) is 0 Å². The van der Waals surface area contributed by atoms with Gasteiger partial charge < -0.3 is 25.2 Å². The molecule has 3 rings (SSSR count). The lowest BCUT2D eigenvalue weighted by molar-refractivity contribution is -0.862. The zero-order valence-corrected chi connectivity index (χ0v) is 17.2. The van der Waals surface area contributed by atoms with Crippen LogP contribution < -0.4 is 20.4 Å². The van der Waals surface area contributed by atoms with Crippen LogP contribution in [0.15, 0.2) is 24.3 Å². The molecule has 29 heavy (non-hydrogen) atoms. The first-order chi connectivity index (χ1) is 13.9. The molecule has 0 bridgehead atoms. The van der Waals surface area contributed by atoms with E-state index < -0.39 is 5.54 Å². The molecule has 0 radical (unpaired) electrons. The Balaban J connectivity index is 1.43. The van der Waals surface area contributed by atoms with Crippen molar-refractivity contribution in [2.75, 3.05) is 56.7 Å². The van der Waals surface area contributed by atoms with Crippen LogP contribution in [0, 0.1) is 17.2 Å². The van der Waals surface area contributed by atoms with Crippen LogP contribution in [0.4, 0.5) is 11.4 Å². The molecule has 2 aliphatic rings. The van der Waals surface area contributed by atoms with Crippen molar-refractivity contribution in [3.63, 3.8) is 0 Å². The highest BCUT2D eigenvalue weighted by molar-refractivity contribution is 5.91. The van der Waals surface area contributed by atoms with Crippen molar-refractivity contribution in [2.45, 2.75) is 25.3 Å². The number of anilines is 2. The molecule has 2 fully saturated rings. The zero-order chi connectivity index (χ0) is 20.9. The molecule has 156 valence electrons. The summed E-state index contributed by atoms with van der Waals surface area (Å²) in [5.74, 6) is -0.124. The van der Waals surface area contributed by atoms with E-state index in [-0.39, 0.29) is 30.8 Å². The summed E-state index contributed by atoms with van der Waals surface area (Å²) in [6.07, 6.45) is 1.94. The van der Waals surface area contributed by atoms with Crippen LogP contribution in [0.25, 0.3) is 0 Å². The van der Waals surface area contributed by atoms with E-state index in [1.807, 2.05) is 24.3 Å². The Morgan fingerprint density at radius 3 is 2.41 bits per heavy atom. The van der Waals surface area contributed by atoms with Gasteiger partial charge in [-0.1, -0.05) is 0 Å². The number of benzene rings is 1. The number of nitrogens with one attached hydrogen (secondary N) is 3. The smallest absolute Gasteiger partial charge is 0.279 e. The molecule has 1 aromatic carbocycles. The van der Waals surface area contributed by atoms with Gasteiger partial charge in [-0.2, -0.15) is 5.26 Å². The normalized spacial score (nSPS) is 19.6. The fourth-order valence-electron chi connectivity index (χ4n) is 3.61. The van der Waals surface area contributed by atoms with Gasteiger partial charge in [0.15, 0.2) is 13.1 Å². The highest BCUT2D eigenvalue weighted by atomic mass is 16.5. The maximum atomic E-state index is 12.3. The van der Waals surface area contributed by atoms with Crippen LogP contribution in [0.1, 0.15) is 19.8 Å². The minimum Gasteiger partial charge on any atom is -0.378 e. The van der Waals surface area contributed by atoms with Crippen molar-refractivity contribution in [1.82, 2.24) is 5.32 Å². The van der Waals surface area contributed by atoms with Crippen LogP contribution in [0.5, 0.6) is 0 Å². The largest absolute Gasteiger partial charge is 0.378 e. The Morgan fingerprint density at radius 1 is 1.21 bits per heavy atom. The Hall–Kier alpha value is -2.63. The molecule has 2 atom stereocenters. The van der Waals surface area contributed by atoms with E-state index >= 15 is 0 Å². The number of nitrogens with zero attached hydrogens (tertiary/aromatic N) is 2. The first-order valence-corrected chi connectivity index (χ1v) is 10.2. The second-order valence-electron chi connectivity index (χ2n) is 8.14. The summed E-state index contributed by atoms with van der Waals surface area (Å²) in [6, 6.07) is 9.97. The number of hydrogen-bond donors (Lipinski definition) is 3.